The van der Waals surface area contributed by atoms with Crippen molar-refractivity contribution in [2.24, 2.45) is 0 Å². The molecule has 0 spiro atoms. The Hall–Kier alpha value is -1.60. The van der Waals surface area contributed by atoms with E-state index in [2.05, 4.69) is 15.5 Å². The van der Waals surface area contributed by atoms with E-state index in [0.717, 1.165) is 21.6 Å². The Labute approximate surface area is 145 Å². The maximum atomic E-state index is 12.5. The van der Waals surface area contributed by atoms with E-state index < -0.39 is 0 Å². The topological polar surface area (TPSA) is 58.1 Å². The zero-order valence-corrected chi connectivity index (χ0v) is 15.3. The molecule has 1 N–H and O–H groups in total. The molecule has 2 rings (SSSR count). The number of hydrogen-bond donors (Lipinski definition) is 1. The average Bonchev–Trinajstić information content (AvgIpc) is 2.99. The second kappa shape index (κ2) is 8.88. The highest BCUT2D eigenvalue weighted by molar-refractivity contribution is 8.01. The Balaban J connectivity index is 1.92. The minimum Gasteiger partial charge on any atom is -0.360 e. The molecular formula is C16H22N4OS2. The summed E-state index contributed by atoms with van der Waals surface area (Å²) in [7, 11) is 0. The van der Waals surface area contributed by atoms with Crippen molar-refractivity contribution in [3.8, 4) is 0 Å². The van der Waals surface area contributed by atoms with Gasteiger partial charge in [-0.1, -0.05) is 53.4 Å². The van der Waals surface area contributed by atoms with Gasteiger partial charge in [-0.2, -0.15) is 0 Å². The largest absolute Gasteiger partial charge is 0.360 e. The lowest BCUT2D eigenvalue weighted by Gasteiger charge is -2.26. The van der Waals surface area contributed by atoms with Crippen LogP contribution in [-0.2, 0) is 11.3 Å². The molecule has 0 saturated heterocycles. The number of benzene rings is 1. The molecule has 0 aliphatic heterocycles. The molecule has 0 unspecified atom stereocenters. The fourth-order valence-corrected chi connectivity index (χ4v) is 3.74. The number of hydrogen-bond acceptors (Lipinski definition) is 6. The molecule has 2 aromatic rings. The van der Waals surface area contributed by atoms with Crippen LogP contribution >= 0.6 is 23.1 Å². The molecule has 5 nitrogen and oxygen atoms in total. The van der Waals surface area contributed by atoms with E-state index in [0.29, 0.717) is 12.3 Å². The van der Waals surface area contributed by atoms with E-state index in [1.807, 2.05) is 56.0 Å². The SMILES string of the molecule is CCNc1nnc(SCC(=O)N(Cc2ccccc2)C(C)C)s1. The molecule has 0 atom stereocenters. The molecule has 1 aromatic carbocycles. The molecule has 0 aliphatic rings. The Bertz CT molecular complexity index is 616. The predicted molar refractivity (Wildman–Crippen MR) is 96.9 cm³/mol. The molecule has 0 radical (unpaired) electrons. The predicted octanol–water partition coefficient (Wildman–Crippen LogP) is 3.50. The fourth-order valence-electron chi connectivity index (χ4n) is 2.04. The van der Waals surface area contributed by atoms with E-state index in [1.165, 1.54) is 23.1 Å². The van der Waals surface area contributed by atoms with Crippen LogP contribution in [0.3, 0.4) is 0 Å². The molecule has 0 saturated carbocycles. The van der Waals surface area contributed by atoms with Crippen LogP contribution < -0.4 is 5.32 Å². The van der Waals surface area contributed by atoms with Crippen LogP contribution in [0, 0.1) is 0 Å². The van der Waals surface area contributed by atoms with E-state index in [1.54, 1.807) is 0 Å². The summed E-state index contributed by atoms with van der Waals surface area (Å²) in [6, 6.07) is 10.2. The monoisotopic (exact) mass is 350 g/mol. The molecule has 1 amide bonds. The van der Waals surface area contributed by atoms with Crippen LogP contribution in [0.4, 0.5) is 5.13 Å². The van der Waals surface area contributed by atoms with Gasteiger partial charge in [-0.15, -0.1) is 10.2 Å². The molecule has 1 aromatic heterocycles. The van der Waals surface area contributed by atoms with Gasteiger partial charge in [0.25, 0.3) is 0 Å². The normalized spacial score (nSPS) is 10.8. The van der Waals surface area contributed by atoms with Crippen LogP contribution in [0.15, 0.2) is 34.7 Å². The van der Waals surface area contributed by atoms with Gasteiger partial charge in [-0.25, -0.2) is 0 Å². The maximum absolute atomic E-state index is 12.5. The third-order valence-electron chi connectivity index (χ3n) is 3.19. The summed E-state index contributed by atoms with van der Waals surface area (Å²) in [5, 5.41) is 12.1. The number of rotatable bonds is 8. The van der Waals surface area contributed by atoms with Gasteiger partial charge in [0.1, 0.15) is 0 Å². The molecule has 23 heavy (non-hydrogen) atoms. The number of aromatic nitrogens is 2. The van der Waals surface area contributed by atoms with Crippen LogP contribution in [0.2, 0.25) is 0 Å². The lowest BCUT2D eigenvalue weighted by Crippen LogP contribution is -2.37. The zero-order chi connectivity index (χ0) is 16.7. The molecule has 1 heterocycles. The Kier molecular flexibility index (Phi) is 6.85. The Morgan fingerprint density at radius 2 is 2.04 bits per heavy atom. The van der Waals surface area contributed by atoms with Crippen LogP contribution in [-0.4, -0.2) is 39.3 Å². The van der Waals surface area contributed by atoms with Crippen LogP contribution in [0.1, 0.15) is 26.3 Å². The zero-order valence-electron chi connectivity index (χ0n) is 13.7. The summed E-state index contributed by atoms with van der Waals surface area (Å²) in [6.07, 6.45) is 0. The van der Waals surface area contributed by atoms with Gasteiger partial charge in [0.15, 0.2) is 4.34 Å². The van der Waals surface area contributed by atoms with Gasteiger partial charge in [0.2, 0.25) is 11.0 Å². The standard InChI is InChI=1S/C16H22N4OS2/c1-4-17-15-18-19-16(23-15)22-11-14(21)20(12(2)3)10-13-8-6-5-7-9-13/h5-9,12H,4,10-11H2,1-3H3,(H,17,18). The van der Waals surface area contributed by atoms with Crippen molar-refractivity contribution < 1.29 is 4.79 Å². The van der Waals surface area contributed by atoms with Crippen molar-refractivity contribution in [3.63, 3.8) is 0 Å². The highest BCUT2D eigenvalue weighted by Crippen LogP contribution is 2.26. The summed E-state index contributed by atoms with van der Waals surface area (Å²) < 4.78 is 0.817. The van der Waals surface area contributed by atoms with Crippen molar-refractivity contribution in [2.75, 3.05) is 17.6 Å². The van der Waals surface area contributed by atoms with E-state index in [9.17, 15) is 4.79 Å². The first kappa shape index (κ1) is 17.7. The third kappa shape index (κ3) is 5.51. The van der Waals surface area contributed by atoms with Crippen molar-refractivity contribution in [2.45, 2.75) is 37.7 Å². The number of thioether (sulfide) groups is 1. The molecular weight excluding hydrogens is 328 g/mol. The Morgan fingerprint density at radius 3 is 2.70 bits per heavy atom. The van der Waals surface area contributed by atoms with Crippen LogP contribution in [0.5, 0.6) is 0 Å². The van der Waals surface area contributed by atoms with Gasteiger partial charge >= 0.3 is 0 Å². The number of nitrogens with one attached hydrogen (secondary N) is 1. The third-order valence-corrected chi connectivity index (χ3v) is 5.19. The van der Waals surface area contributed by atoms with Crippen molar-refractivity contribution >= 4 is 34.1 Å². The number of nitrogens with zero attached hydrogens (tertiary/aromatic N) is 3. The van der Waals surface area contributed by atoms with Gasteiger partial charge in [-0.05, 0) is 26.3 Å². The van der Waals surface area contributed by atoms with E-state index in [4.69, 9.17) is 0 Å². The first-order chi connectivity index (χ1) is 11.1. The summed E-state index contributed by atoms with van der Waals surface area (Å²) in [4.78, 5) is 14.4. The summed E-state index contributed by atoms with van der Waals surface area (Å²) in [6.45, 7) is 7.55. The van der Waals surface area contributed by atoms with Gasteiger partial charge in [0.05, 0.1) is 5.75 Å². The summed E-state index contributed by atoms with van der Waals surface area (Å²) >= 11 is 2.93. The Morgan fingerprint density at radius 1 is 1.30 bits per heavy atom. The highest BCUT2D eigenvalue weighted by atomic mass is 32.2. The van der Waals surface area contributed by atoms with Gasteiger partial charge in [0, 0.05) is 19.1 Å². The van der Waals surface area contributed by atoms with E-state index in [-0.39, 0.29) is 11.9 Å². The molecule has 0 bridgehead atoms. The first-order valence-electron chi connectivity index (χ1n) is 7.63. The van der Waals surface area contributed by atoms with Crippen LogP contribution in [0.25, 0.3) is 0 Å². The van der Waals surface area contributed by atoms with Crippen molar-refractivity contribution in [1.82, 2.24) is 15.1 Å². The van der Waals surface area contributed by atoms with Crippen molar-refractivity contribution in [3.05, 3.63) is 35.9 Å². The number of carbonyl (C=O) groups excluding carboxylic acids is 1. The first-order valence-corrected chi connectivity index (χ1v) is 9.44. The molecule has 124 valence electrons. The second-order valence-electron chi connectivity index (χ2n) is 5.29. The number of anilines is 1. The smallest absolute Gasteiger partial charge is 0.233 e. The van der Waals surface area contributed by atoms with Gasteiger partial charge < -0.3 is 10.2 Å². The lowest BCUT2D eigenvalue weighted by molar-refractivity contribution is -0.130. The van der Waals surface area contributed by atoms with E-state index >= 15 is 0 Å². The molecule has 0 aliphatic carbocycles. The van der Waals surface area contributed by atoms with Crippen molar-refractivity contribution in [1.29, 1.82) is 0 Å². The summed E-state index contributed by atoms with van der Waals surface area (Å²) in [5.41, 5.74) is 1.14. The fraction of sp³-hybridized carbons (Fsp3) is 0.438. The minimum atomic E-state index is 0.119. The highest BCUT2D eigenvalue weighted by Gasteiger charge is 2.18. The molecule has 7 heteroatoms. The molecule has 0 fully saturated rings. The number of amides is 1. The quantitative estimate of drug-likeness (QED) is 0.739. The maximum Gasteiger partial charge on any atom is 0.233 e. The number of carbonyl (C=O) groups is 1. The average molecular weight is 351 g/mol. The lowest BCUT2D eigenvalue weighted by atomic mass is 10.2. The van der Waals surface area contributed by atoms with Gasteiger partial charge in [-0.3, -0.25) is 4.79 Å². The second-order valence-corrected chi connectivity index (χ2v) is 7.49. The summed E-state index contributed by atoms with van der Waals surface area (Å²) in [5.74, 6) is 0.500. The minimum absolute atomic E-state index is 0.119.